The Hall–Kier alpha value is -2.59. The minimum absolute atomic E-state index is 0. The van der Waals surface area contributed by atoms with Crippen LogP contribution in [-0.4, -0.2) is 41.4 Å². The molecule has 0 spiro atoms. The number of benzene rings is 1. The number of hydrogen-bond donors (Lipinski definition) is 2. The van der Waals surface area contributed by atoms with Crippen LogP contribution in [0.4, 0.5) is 0 Å². The van der Waals surface area contributed by atoms with Gasteiger partial charge in [0.15, 0.2) is 11.5 Å². The molecule has 0 saturated carbocycles. The van der Waals surface area contributed by atoms with Crippen LogP contribution in [0.25, 0.3) is 0 Å². The third-order valence-electron chi connectivity index (χ3n) is 2.77. The normalized spacial score (nSPS) is 11.0. The van der Waals surface area contributed by atoms with Gasteiger partial charge >= 0.3 is 11.9 Å². The maximum absolute atomic E-state index is 11.6. The lowest BCUT2D eigenvalue weighted by Crippen LogP contribution is -2.31. The Balaban J connectivity index is 0.00000576. The number of esters is 1. The number of unbranched alkanes of at least 4 members (excludes halogenated alkanes) is 1. The number of carboxylic acid groups (broad SMARTS) is 1. The second kappa shape index (κ2) is 11.0. The Bertz CT molecular complexity index is 608. The third kappa shape index (κ3) is 8.18. The Morgan fingerprint density at radius 2 is 1.92 bits per heavy atom. The van der Waals surface area contributed by atoms with E-state index < -0.39 is 23.1 Å². The van der Waals surface area contributed by atoms with Gasteiger partial charge in [-0.1, -0.05) is 0 Å². The van der Waals surface area contributed by atoms with Gasteiger partial charge in [0.25, 0.3) is 5.09 Å². The average Bonchev–Trinajstić information content (AvgIpc) is 2.51. The molecule has 0 aliphatic carbocycles. The molecule has 0 saturated heterocycles. The molecule has 0 fully saturated rings. The highest BCUT2D eigenvalue weighted by Crippen LogP contribution is 2.29. The van der Waals surface area contributed by atoms with E-state index in [0.29, 0.717) is 12.8 Å². The summed E-state index contributed by atoms with van der Waals surface area (Å²) in [5, 5.41) is 18.1. The van der Waals surface area contributed by atoms with Gasteiger partial charge in [0.1, 0.15) is 6.04 Å². The number of rotatable bonds is 10. The molecule has 1 atom stereocenters. The zero-order chi connectivity index (χ0) is 18.1. The number of carbonyl (C=O) groups excluding carboxylic acids is 1. The molecule has 11 heteroatoms. The number of carbonyl (C=O) groups is 2. The van der Waals surface area contributed by atoms with Crippen LogP contribution in [0.3, 0.4) is 0 Å². The fourth-order valence-corrected chi connectivity index (χ4v) is 1.57. The quantitative estimate of drug-likeness (QED) is 0.202. The average molecular weight is 379 g/mol. The van der Waals surface area contributed by atoms with Crippen LogP contribution >= 0.6 is 12.4 Å². The summed E-state index contributed by atoms with van der Waals surface area (Å²) in [6.07, 6.45) is 0.846. The highest BCUT2D eigenvalue weighted by atomic mass is 35.5. The molecule has 25 heavy (non-hydrogen) atoms. The van der Waals surface area contributed by atoms with Crippen molar-refractivity contribution >= 4 is 24.3 Å². The van der Waals surface area contributed by atoms with Crippen molar-refractivity contribution < 1.29 is 34.1 Å². The van der Waals surface area contributed by atoms with E-state index in [1.54, 1.807) is 0 Å². The molecule has 3 N–H and O–H groups in total. The van der Waals surface area contributed by atoms with Gasteiger partial charge in [-0.3, -0.25) is 0 Å². The van der Waals surface area contributed by atoms with E-state index in [-0.39, 0.29) is 42.7 Å². The first kappa shape index (κ1) is 22.4. The Kier molecular flexibility index (Phi) is 9.91. The summed E-state index contributed by atoms with van der Waals surface area (Å²) < 4.78 is 10.5. The van der Waals surface area contributed by atoms with Gasteiger partial charge in [-0.15, -0.1) is 22.5 Å². The number of halogens is 1. The van der Waals surface area contributed by atoms with E-state index in [0.717, 1.165) is 6.07 Å². The maximum Gasteiger partial charge on any atom is 0.335 e. The van der Waals surface area contributed by atoms with Gasteiger partial charge in [-0.2, -0.15) is 0 Å². The molecular weight excluding hydrogens is 360 g/mol. The first-order valence-corrected chi connectivity index (χ1v) is 7.06. The number of nitrogens with zero attached hydrogens (tertiary/aromatic N) is 1. The van der Waals surface area contributed by atoms with Crippen molar-refractivity contribution in [2.24, 2.45) is 5.73 Å². The van der Waals surface area contributed by atoms with E-state index >= 15 is 0 Å². The first-order chi connectivity index (χ1) is 11.3. The van der Waals surface area contributed by atoms with Gasteiger partial charge in [0, 0.05) is 0 Å². The van der Waals surface area contributed by atoms with E-state index in [2.05, 4.69) is 4.84 Å². The SMILES string of the molecule is C[C@H](N)C(=O)Oc1cc(C(=O)O)ccc1OCCCCO[N+](=O)[O-].Cl. The van der Waals surface area contributed by atoms with Crippen molar-refractivity contribution in [3.05, 3.63) is 33.9 Å². The van der Waals surface area contributed by atoms with Crippen LogP contribution in [0.2, 0.25) is 0 Å². The molecule has 0 unspecified atom stereocenters. The predicted octanol–water partition coefficient (Wildman–Crippen LogP) is 1.43. The Labute approximate surface area is 149 Å². The fourth-order valence-electron chi connectivity index (χ4n) is 1.57. The fraction of sp³-hybridized carbons (Fsp3) is 0.429. The highest BCUT2D eigenvalue weighted by molar-refractivity contribution is 5.89. The lowest BCUT2D eigenvalue weighted by Gasteiger charge is -2.13. The van der Waals surface area contributed by atoms with Gasteiger partial charge < -0.3 is 25.2 Å². The second-order valence-electron chi connectivity index (χ2n) is 4.79. The summed E-state index contributed by atoms with van der Waals surface area (Å²) in [7, 11) is 0. The minimum atomic E-state index is -1.18. The maximum atomic E-state index is 11.6. The van der Waals surface area contributed by atoms with Crippen molar-refractivity contribution in [2.45, 2.75) is 25.8 Å². The Morgan fingerprint density at radius 3 is 2.48 bits per heavy atom. The first-order valence-electron chi connectivity index (χ1n) is 7.06. The summed E-state index contributed by atoms with van der Waals surface area (Å²) in [5.74, 6) is -1.80. The van der Waals surface area contributed by atoms with E-state index in [9.17, 15) is 19.7 Å². The summed E-state index contributed by atoms with van der Waals surface area (Å²) in [4.78, 5) is 36.7. The van der Waals surface area contributed by atoms with Gasteiger partial charge in [0.05, 0.1) is 18.8 Å². The molecule has 0 aromatic heterocycles. The molecule has 1 aromatic rings. The highest BCUT2D eigenvalue weighted by Gasteiger charge is 2.16. The van der Waals surface area contributed by atoms with Crippen LogP contribution in [0.1, 0.15) is 30.1 Å². The molecular formula is C14H19ClN2O8. The number of carboxylic acids is 1. The lowest BCUT2D eigenvalue weighted by molar-refractivity contribution is -0.757. The van der Waals surface area contributed by atoms with Crippen molar-refractivity contribution in [3.8, 4) is 11.5 Å². The van der Waals surface area contributed by atoms with Crippen LogP contribution < -0.4 is 15.2 Å². The van der Waals surface area contributed by atoms with Crippen LogP contribution in [0, 0.1) is 10.1 Å². The topological polar surface area (TPSA) is 151 Å². The lowest BCUT2D eigenvalue weighted by atomic mass is 10.2. The molecule has 10 nitrogen and oxygen atoms in total. The Morgan fingerprint density at radius 1 is 1.28 bits per heavy atom. The van der Waals surface area contributed by atoms with Crippen LogP contribution in [0.5, 0.6) is 11.5 Å². The largest absolute Gasteiger partial charge is 0.490 e. The molecule has 0 radical (unpaired) electrons. The summed E-state index contributed by atoms with van der Waals surface area (Å²) in [5.41, 5.74) is 5.34. The molecule has 0 heterocycles. The molecule has 1 aromatic carbocycles. The summed E-state index contributed by atoms with van der Waals surface area (Å²) in [6.45, 7) is 1.55. The van der Waals surface area contributed by atoms with Crippen molar-refractivity contribution in [2.75, 3.05) is 13.2 Å². The van der Waals surface area contributed by atoms with Crippen molar-refractivity contribution in [1.29, 1.82) is 0 Å². The zero-order valence-corrected chi connectivity index (χ0v) is 14.2. The van der Waals surface area contributed by atoms with Crippen molar-refractivity contribution in [1.82, 2.24) is 0 Å². The van der Waals surface area contributed by atoms with Gasteiger partial charge in [0.2, 0.25) is 0 Å². The standard InChI is InChI=1S/C14H18N2O8.ClH/c1-9(15)14(19)24-12-8-10(13(17)18)4-5-11(12)22-6-2-3-7-23-16(20)21;/h4-5,8-9H,2-3,6-7,15H2,1H3,(H,17,18);1H/t9-;/m0./s1. The zero-order valence-electron chi connectivity index (χ0n) is 13.4. The number of nitrogens with two attached hydrogens (primary N) is 1. The second-order valence-corrected chi connectivity index (χ2v) is 4.79. The van der Waals surface area contributed by atoms with Crippen LogP contribution in [-0.2, 0) is 9.63 Å². The predicted molar refractivity (Wildman–Crippen MR) is 87.6 cm³/mol. The molecule has 140 valence electrons. The smallest absolute Gasteiger partial charge is 0.335 e. The molecule has 1 rings (SSSR count). The van der Waals surface area contributed by atoms with Gasteiger partial charge in [-0.25, -0.2) is 9.59 Å². The summed E-state index contributed by atoms with van der Waals surface area (Å²) >= 11 is 0. The third-order valence-corrected chi connectivity index (χ3v) is 2.77. The number of ether oxygens (including phenoxy) is 2. The molecule has 0 aliphatic rings. The van der Waals surface area contributed by atoms with Crippen molar-refractivity contribution in [3.63, 3.8) is 0 Å². The molecule has 0 bridgehead atoms. The monoisotopic (exact) mass is 378 g/mol. The molecule has 0 aliphatic heterocycles. The molecule has 0 amide bonds. The summed E-state index contributed by atoms with van der Waals surface area (Å²) in [6, 6.07) is 2.94. The number of aromatic carboxylic acids is 1. The van der Waals surface area contributed by atoms with E-state index in [4.69, 9.17) is 20.3 Å². The van der Waals surface area contributed by atoms with E-state index in [1.165, 1.54) is 19.1 Å². The van der Waals surface area contributed by atoms with Crippen LogP contribution in [0.15, 0.2) is 18.2 Å². The van der Waals surface area contributed by atoms with Gasteiger partial charge in [-0.05, 0) is 38.0 Å². The minimum Gasteiger partial charge on any atom is -0.490 e. The number of hydrogen-bond acceptors (Lipinski definition) is 8. The van der Waals surface area contributed by atoms with E-state index in [1.807, 2.05) is 0 Å².